The average Bonchev–Trinajstić information content (AvgIpc) is 3.40. The van der Waals surface area contributed by atoms with Crippen molar-refractivity contribution >= 4 is 0 Å². The van der Waals surface area contributed by atoms with Crippen LogP contribution < -0.4 is 19.3 Å². The van der Waals surface area contributed by atoms with Crippen LogP contribution in [0.2, 0.25) is 0 Å². The van der Waals surface area contributed by atoms with E-state index in [1.807, 2.05) is 22.9 Å². The van der Waals surface area contributed by atoms with E-state index in [9.17, 15) is 0 Å². The fourth-order valence-corrected chi connectivity index (χ4v) is 4.36. The largest absolute Gasteiger partial charge is 0.454 e. The number of likely N-dealkylation sites (N-methyl/N-ethyl adjacent to an activating group) is 1. The van der Waals surface area contributed by atoms with Gasteiger partial charge >= 0.3 is 0 Å². The van der Waals surface area contributed by atoms with Gasteiger partial charge in [0.05, 0.1) is 13.6 Å². The van der Waals surface area contributed by atoms with Crippen LogP contribution in [0, 0.1) is 6.92 Å². The molecule has 0 saturated carbocycles. The maximum Gasteiger partial charge on any atom is 0.231 e. The van der Waals surface area contributed by atoms with E-state index in [0.717, 1.165) is 49.1 Å². The summed E-state index contributed by atoms with van der Waals surface area (Å²) < 4.78 is 12.9. The molecule has 1 fully saturated rings. The zero-order valence-corrected chi connectivity index (χ0v) is 17.5. The summed E-state index contributed by atoms with van der Waals surface area (Å²) in [4.78, 5) is 3.10. The maximum atomic E-state index is 5.53. The molecule has 2 aromatic carbocycles. The number of hydrogen-bond donors (Lipinski definition) is 2. The van der Waals surface area contributed by atoms with Crippen LogP contribution in [-0.4, -0.2) is 60.2 Å². The van der Waals surface area contributed by atoms with Crippen LogP contribution >= 0.6 is 0 Å². The molecule has 0 amide bonds. The third-order valence-electron chi connectivity index (χ3n) is 6.15. The molecular weight excluding hydrogens is 380 g/mol. The minimum absolute atomic E-state index is 0.114. The van der Waals surface area contributed by atoms with Crippen LogP contribution in [0.1, 0.15) is 28.6 Å². The number of aryl methyl sites for hydroxylation is 1. The van der Waals surface area contributed by atoms with Gasteiger partial charge in [-0.05, 0) is 35.0 Å². The van der Waals surface area contributed by atoms with Gasteiger partial charge in [-0.15, -0.1) is 5.10 Å². The first-order valence-corrected chi connectivity index (χ1v) is 10.5. The number of ether oxygens (including phenoxy) is 2. The Morgan fingerprint density at radius 3 is 2.57 bits per heavy atom. The molecule has 0 aliphatic carbocycles. The molecule has 1 aromatic heterocycles. The number of aromatic nitrogens is 4. The first kappa shape index (κ1) is 19.0. The van der Waals surface area contributed by atoms with Crippen LogP contribution in [0.3, 0.4) is 0 Å². The van der Waals surface area contributed by atoms with Crippen LogP contribution in [0.4, 0.5) is 0 Å². The zero-order valence-electron chi connectivity index (χ0n) is 17.5. The lowest BCUT2D eigenvalue weighted by molar-refractivity contribution is -1.02. The molecule has 3 heterocycles. The number of hydrogen-bond acceptors (Lipinski definition) is 5. The Labute approximate surface area is 176 Å². The number of tetrazole rings is 1. The van der Waals surface area contributed by atoms with Crippen LogP contribution in [0.15, 0.2) is 42.5 Å². The molecule has 30 heavy (non-hydrogen) atoms. The summed E-state index contributed by atoms with van der Waals surface area (Å²) in [6.45, 7) is 7.50. The highest BCUT2D eigenvalue weighted by Gasteiger charge is 2.34. The lowest BCUT2D eigenvalue weighted by Crippen LogP contribution is -3.27. The van der Waals surface area contributed by atoms with Gasteiger partial charge in [-0.1, -0.05) is 35.9 Å². The Morgan fingerprint density at radius 2 is 1.77 bits per heavy atom. The third kappa shape index (κ3) is 3.76. The Kier molecular flexibility index (Phi) is 5.10. The molecular formula is C22H28N6O2+2. The van der Waals surface area contributed by atoms with E-state index in [2.05, 4.69) is 53.8 Å². The molecule has 2 aliphatic heterocycles. The monoisotopic (exact) mass is 408 g/mol. The minimum Gasteiger partial charge on any atom is -0.454 e. The van der Waals surface area contributed by atoms with E-state index in [0.29, 0.717) is 6.54 Å². The predicted molar refractivity (Wildman–Crippen MR) is 110 cm³/mol. The highest BCUT2D eigenvalue weighted by molar-refractivity contribution is 5.44. The fourth-order valence-electron chi connectivity index (χ4n) is 4.36. The minimum atomic E-state index is 0.114. The standard InChI is InChI=1S/C22H26N6O2/c1-16-3-6-18(7-4-16)21(27-11-9-26(2)10-12-27)22-23-24-25-28(22)14-17-5-8-19-20(13-17)30-15-29-19/h3-8,13,21H,9-12,14-15H2,1-2H3/p+2/t21-/m0/s1. The van der Waals surface area contributed by atoms with Gasteiger partial charge in [0.15, 0.2) is 17.5 Å². The highest BCUT2D eigenvalue weighted by atomic mass is 16.7. The normalized spacial score (nSPS) is 21.5. The molecule has 2 N–H and O–H groups in total. The highest BCUT2D eigenvalue weighted by Crippen LogP contribution is 2.32. The summed E-state index contributed by atoms with van der Waals surface area (Å²) in [6, 6.07) is 14.9. The number of quaternary nitrogens is 2. The molecule has 0 spiro atoms. The van der Waals surface area contributed by atoms with Gasteiger partial charge < -0.3 is 19.3 Å². The number of nitrogens with one attached hydrogen (secondary N) is 2. The molecule has 8 heteroatoms. The Morgan fingerprint density at radius 1 is 1.00 bits per heavy atom. The average molecular weight is 409 g/mol. The van der Waals surface area contributed by atoms with Gasteiger partial charge in [-0.3, -0.25) is 0 Å². The quantitative estimate of drug-likeness (QED) is 0.582. The smallest absolute Gasteiger partial charge is 0.231 e. The van der Waals surface area contributed by atoms with Gasteiger partial charge in [0.1, 0.15) is 26.2 Å². The van der Waals surface area contributed by atoms with Crippen molar-refractivity contribution in [2.45, 2.75) is 19.5 Å². The molecule has 156 valence electrons. The zero-order chi connectivity index (χ0) is 20.5. The second kappa shape index (κ2) is 8.04. The Balaban J connectivity index is 1.47. The molecule has 0 radical (unpaired) electrons. The molecule has 8 nitrogen and oxygen atoms in total. The maximum absolute atomic E-state index is 5.53. The van der Waals surface area contributed by atoms with Gasteiger partial charge in [0.2, 0.25) is 12.6 Å². The van der Waals surface area contributed by atoms with E-state index in [-0.39, 0.29) is 12.8 Å². The molecule has 3 aromatic rings. The molecule has 2 aliphatic rings. The third-order valence-corrected chi connectivity index (χ3v) is 6.15. The summed E-state index contributed by atoms with van der Waals surface area (Å²) in [5, 5.41) is 12.9. The van der Waals surface area contributed by atoms with Gasteiger partial charge in [0.25, 0.3) is 0 Å². The van der Waals surface area contributed by atoms with Crippen molar-refractivity contribution < 1.29 is 19.3 Å². The second-order valence-corrected chi connectivity index (χ2v) is 8.34. The molecule has 1 saturated heterocycles. The van der Waals surface area contributed by atoms with Gasteiger partial charge in [-0.2, -0.15) is 0 Å². The lowest BCUT2D eigenvalue weighted by Gasteiger charge is -2.32. The first-order chi connectivity index (χ1) is 14.7. The van der Waals surface area contributed by atoms with Crippen LogP contribution in [-0.2, 0) is 6.54 Å². The summed E-state index contributed by atoms with van der Waals surface area (Å²) in [6.07, 6.45) is 0. The fraction of sp³-hybridized carbons (Fsp3) is 0.409. The van der Waals surface area contributed by atoms with Crippen molar-refractivity contribution in [1.29, 1.82) is 0 Å². The van der Waals surface area contributed by atoms with Crippen molar-refractivity contribution in [2.24, 2.45) is 0 Å². The Hall–Kier alpha value is -2.97. The van der Waals surface area contributed by atoms with Gasteiger partial charge in [0, 0.05) is 5.56 Å². The SMILES string of the molecule is Cc1ccc([C@@H](c2nnnn2Cc2ccc3c(c2)OCO3)[NH+]2CC[NH+](C)CC2)cc1. The van der Waals surface area contributed by atoms with Gasteiger partial charge in [-0.25, -0.2) is 4.68 Å². The van der Waals surface area contributed by atoms with Crippen molar-refractivity contribution in [2.75, 3.05) is 40.0 Å². The van der Waals surface area contributed by atoms with E-state index in [1.54, 1.807) is 4.90 Å². The topological polar surface area (TPSA) is 70.9 Å². The van der Waals surface area contributed by atoms with E-state index >= 15 is 0 Å². The molecule has 5 rings (SSSR count). The van der Waals surface area contributed by atoms with E-state index in [1.165, 1.54) is 16.0 Å². The number of piperazine rings is 1. The number of benzene rings is 2. The second-order valence-electron chi connectivity index (χ2n) is 8.34. The summed E-state index contributed by atoms with van der Waals surface area (Å²) in [5.41, 5.74) is 3.61. The predicted octanol–water partition coefficient (Wildman–Crippen LogP) is -0.739. The first-order valence-electron chi connectivity index (χ1n) is 10.5. The summed E-state index contributed by atoms with van der Waals surface area (Å²) in [5.74, 6) is 2.48. The van der Waals surface area contributed by atoms with E-state index < -0.39 is 0 Å². The van der Waals surface area contributed by atoms with Crippen molar-refractivity contribution in [3.63, 3.8) is 0 Å². The lowest BCUT2D eigenvalue weighted by atomic mass is 10.0. The number of rotatable bonds is 5. The Bertz CT molecular complexity index is 1010. The van der Waals surface area contributed by atoms with Crippen LogP contribution in [0.5, 0.6) is 11.5 Å². The molecule has 0 bridgehead atoms. The molecule has 0 unspecified atom stereocenters. The number of nitrogens with zero attached hydrogens (tertiary/aromatic N) is 4. The van der Waals surface area contributed by atoms with Crippen molar-refractivity contribution in [1.82, 2.24) is 20.2 Å². The van der Waals surface area contributed by atoms with E-state index in [4.69, 9.17) is 9.47 Å². The van der Waals surface area contributed by atoms with Crippen molar-refractivity contribution in [3.8, 4) is 11.5 Å². The summed E-state index contributed by atoms with van der Waals surface area (Å²) >= 11 is 0. The molecule has 1 atom stereocenters. The number of fused-ring (bicyclic) bond motifs is 1. The van der Waals surface area contributed by atoms with Crippen LogP contribution in [0.25, 0.3) is 0 Å². The van der Waals surface area contributed by atoms with Crippen molar-refractivity contribution in [3.05, 3.63) is 65.0 Å². The summed E-state index contributed by atoms with van der Waals surface area (Å²) in [7, 11) is 2.27.